The zero-order valence-electron chi connectivity index (χ0n) is 8.53. The van der Waals surface area contributed by atoms with E-state index in [4.69, 9.17) is 58.0 Å². The minimum atomic E-state index is 0.430. The Hall–Kier alpha value is 0.110. The average Bonchev–Trinajstić information content (AvgIpc) is 2.66. The smallest absolute Gasteiger partial charge is 0.0686 e. The predicted octanol–water partition coefficient (Wildman–Crippen LogP) is 7.32. The van der Waals surface area contributed by atoms with Crippen LogP contribution in [-0.2, 0) is 0 Å². The van der Waals surface area contributed by atoms with Gasteiger partial charge in [0, 0.05) is 15.5 Å². The van der Waals surface area contributed by atoms with Crippen LogP contribution in [-0.4, -0.2) is 0 Å². The fourth-order valence-corrected chi connectivity index (χ4v) is 4.25. The summed E-state index contributed by atoms with van der Waals surface area (Å²) >= 11 is 32.1. The van der Waals surface area contributed by atoms with Crippen molar-refractivity contribution in [3.63, 3.8) is 0 Å². The fraction of sp³-hybridized carbons (Fsp3) is 0. The Bertz CT molecular complexity index is 790. The van der Waals surface area contributed by atoms with Crippen molar-refractivity contribution in [3.05, 3.63) is 43.3 Å². The molecule has 0 bridgehead atoms. The summed E-state index contributed by atoms with van der Waals surface area (Å²) < 4.78 is 1.87. The Morgan fingerprint density at radius 2 is 1.39 bits per heavy atom. The molecule has 6 heteroatoms. The van der Waals surface area contributed by atoms with E-state index in [1.807, 2.05) is 6.07 Å². The zero-order valence-corrected chi connectivity index (χ0v) is 13.1. The van der Waals surface area contributed by atoms with Crippen LogP contribution in [0.3, 0.4) is 0 Å². The number of hydrogen-bond acceptors (Lipinski definition) is 1. The summed E-state index contributed by atoms with van der Waals surface area (Å²) in [6, 6.07) is 5.24. The average molecular weight is 356 g/mol. The topological polar surface area (TPSA) is 0 Å². The maximum absolute atomic E-state index is 6.25. The molecule has 0 aliphatic carbocycles. The lowest BCUT2D eigenvalue weighted by Gasteiger charge is -2.01. The molecule has 3 aromatic rings. The molecule has 18 heavy (non-hydrogen) atoms. The van der Waals surface area contributed by atoms with E-state index in [0.717, 1.165) is 20.2 Å². The van der Waals surface area contributed by atoms with E-state index in [1.54, 1.807) is 12.1 Å². The van der Waals surface area contributed by atoms with Crippen LogP contribution >= 0.6 is 69.3 Å². The molecule has 0 amide bonds. The number of benzene rings is 2. The summed E-state index contributed by atoms with van der Waals surface area (Å²) in [5.74, 6) is 0. The van der Waals surface area contributed by atoms with Crippen LogP contribution in [0.5, 0.6) is 0 Å². The first-order valence-corrected chi connectivity index (χ1v) is 7.54. The molecule has 0 nitrogen and oxygen atoms in total. The van der Waals surface area contributed by atoms with Gasteiger partial charge in [-0.1, -0.05) is 58.0 Å². The first-order valence-electron chi connectivity index (χ1n) is 4.84. The Morgan fingerprint density at radius 1 is 0.722 bits per heavy atom. The number of fused-ring (bicyclic) bond motifs is 3. The first kappa shape index (κ1) is 13.1. The van der Waals surface area contributed by atoms with Crippen LogP contribution in [0, 0.1) is 0 Å². The van der Waals surface area contributed by atoms with E-state index in [2.05, 4.69) is 0 Å². The van der Waals surface area contributed by atoms with Gasteiger partial charge in [-0.15, -0.1) is 11.3 Å². The second-order valence-electron chi connectivity index (χ2n) is 3.72. The first-order chi connectivity index (χ1) is 8.49. The second-order valence-corrected chi connectivity index (χ2v) is 6.78. The standard InChI is InChI=1S/C12H3Cl5S/c13-5-1-4-9(3-6(5)14)18-12-8(16)2-7(15)11(17)10(4)12/h1-3H. The van der Waals surface area contributed by atoms with Gasteiger partial charge < -0.3 is 0 Å². The predicted molar refractivity (Wildman–Crippen MR) is 84.4 cm³/mol. The molecule has 0 fully saturated rings. The number of halogens is 5. The zero-order chi connectivity index (χ0) is 13.0. The molecule has 2 aromatic carbocycles. The summed E-state index contributed by atoms with van der Waals surface area (Å²) in [4.78, 5) is 0. The summed E-state index contributed by atoms with van der Waals surface area (Å²) in [5, 5.41) is 4.23. The minimum Gasteiger partial charge on any atom is -0.134 e. The third-order valence-corrected chi connectivity index (χ3v) is 5.74. The molecule has 3 rings (SSSR count). The molecule has 0 unspecified atom stereocenters. The molecule has 0 saturated carbocycles. The van der Waals surface area contributed by atoms with Crippen LogP contribution in [0.1, 0.15) is 0 Å². The Kier molecular flexibility index (Phi) is 3.34. The maximum Gasteiger partial charge on any atom is 0.0686 e. The number of thiophene rings is 1. The monoisotopic (exact) mass is 354 g/mol. The molecule has 1 heterocycles. The molecule has 1 aromatic heterocycles. The highest BCUT2D eigenvalue weighted by Crippen LogP contribution is 2.46. The summed E-state index contributed by atoms with van der Waals surface area (Å²) in [5.41, 5.74) is 0. The van der Waals surface area contributed by atoms with Crippen LogP contribution in [0.4, 0.5) is 0 Å². The third kappa shape index (κ3) is 1.89. The highest BCUT2D eigenvalue weighted by Gasteiger charge is 2.16. The highest BCUT2D eigenvalue weighted by molar-refractivity contribution is 7.26. The molecular formula is C12H3Cl5S. The SMILES string of the molecule is Clc1cc2sc3c(Cl)cc(Cl)c(Cl)c3c2cc1Cl. The van der Waals surface area contributed by atoms with Gasteiger partial charge in [0.1, 0.15) is 0 Å². The molecular weight excluding hydrogens is 353 g/mol. The molecule has 0 saturated heterocycles. The van der Waals surface area contributed by atoms with Crippen molar-refractivity contribution in [1.82, 2.24) is 0 Å². The van der Waals surface area contributed by atoms with Crippen LogP contribution < -0.4 is 0 Å². The minimum absolute atomic E-state index is 0.430. The van der Waals surface area contributed by atoms with E-state index < -0.39 is 0 Å². The van der Waals surface area contributed by atoms with Crippen molar-refractivity contribution in [2.24, 2.45) is 0 Å². The van der Waals surface area contributed by atoms with Crippen LogP contribution in [0.15, 0.2) is 18.2 Å². The fourth-order valence-electron chi connectivity index (χ4n) is 1.84. The Morgan fingerprint density at radius 3 is 2.11 bits per heavy atom. The number of hydrogen-bond donors (Lipinski definition) is 0. The van der Waals surface area contributed by atoms with E-state index >= 15 is 0 Å². The molecule has 0 N–H and O–H groups in total. The molecule has 0 aliphatic rings. The van der Waals surface area contributed by atoms with Gasteiger partial charge >= 0.3 is 0 Å². The van der Waals surface area contributed by atoms with Gasteiger partial charge in [0.2, 0.25) is 0 Å². The molecule has 92 valence electrons. The normalized spacial score (nSPS) is 11.6. The largest absolute Gasteiger partial charge is 0.134 e. The molecule has 0 radical (unpaired) electrons. The van der Waals surface area contributed by atoms with Crippen molar-refractivity contribution >= 4 is 89.5 Å². The van der Waals surface area contributed by atoms with Gasteiger partial charge in [0.05, 0.1) is 29.8 Å². The van der Waals surface area contributed by atoms with Crippen molar-refractivity contribution in [2.45, 2.75) is 0 Å². The lowest BCUT2D eigenvalue weighted by Crippen LogP contribution is -1.74. The third-order valence-electron chi connectivity index (χ3n) is 2.63. The Labute approximate surface area is 132 Å². The van der Waals surface area contributed by atoms with Crippen molar-refractivity contribution in [2.75, 3.05) is 0 Å². The van der Waals surface area contributed by atoms with Gasteiger partial charge in [0.15, 0.2) is 0 Å². The lowest BCUT2D eigenvalue weighted by molar-refractivity contribution is 1.82. The molecule has 0 atom stereocenters. The van der Waals surface area contributed by atoms with Crippen molar-refractivity contribution in [1.29, 1.82) is 0 Å². The van der Waals surface area contributed by atoms with Gasteiger partial charge in [-0.3, -0.25) is 0 Å². The quantitative estimate of drug-likeness (QED) is 0.370. The van der Waals surface area contributed by atoms with Crippen molar-refractivity contribution in [3.8, 4) is 0 Å². The number of rotatable bonds is 0. The van der Waals surface area contributed by atoms with Crippen LogP contribution in [0.25, 0.3) is 20.2 Å². The van der Waals surface area contributed by atoms with Crippen molar-refractivity contribution < 1.29 is 0 Å². The molecule has 0 aliphatic heterocycles. The van der Waals surface area contributed by atoms with Gasteiger partial charge in [-0.25, -0.2) is 0 Å². The summed E-state index contributed by atoms with van der Waals surface area (Å²) in [6.45, 7) is 0. The van der Waals surface area contributed by atoms with E-state index in [0.29, 0.717) is 25.1 Å². The Balaban J connectivity index is 2.61. The molecule has 0 spiro atoms. The van der Waals surface area contributed by atoms with Gasteiger partial charge in [-0.05, 0) is 18.2 Å². The second kappa shape index (κ2) is 4.59. The van der Waals surface area contributed by atoms with Gasteiger partial charge in [0.25, 0.3) is 0 Å². The van der Waals surface area contributed by atoms with Crippen LogP contribution in [0.2, 0.25) is 25.1 Å². The highest BCUT2D eigenvalue weighted by atomic mass is 35.5. The van der Waals surface area contributed by atoms with Gasteiger partial charge in [-0.2, -0.15) is 0 Å². The summed E-state index contributed by atoms with van der Waals surface area (Å²) in [6.07, 6.45) is 0. The van der Waals surface area contributed by atoms with E-state index in [9.17, 15) is 0 Å². The van der Waals surface area contributed by atoms with E-state index in [-0.39, 0.29) is 0 Å². The maximum atomic E-state index is 6.25. The lowest BCUT2D eigenvalue weighted by atomic mass is 10.1. The van der Waals surface area contributed by atoms with E-state index in [1.165, 1.54) is 11.3 Å². The summed E-state index contributed by atoms with van der Waals surface area (Å²) in [7, 11) is 0.